The van der Waals surface area contributed by atoms with Crippen LogP contribution in [0.15, 0.2) is 170 Å². The second kappa shape index (κ2) is 49.3. The van der Waals surface area contributed by atoms with Gasteiger partial charge in [-0.15, -0.1) is 11.8 Å². The Bertz CT molecular complexity index is 5060. The highest BCUT2D eigenvalue weighted by atomic mass is 32.2. The number of ketones is 3. The minimum atomic E-state index is -1.79. The minimum absolute atomic E-state index is 0.0411. The fourth-order valence-electron chi connectivity index (χ4n) is 15.6. The number of carbonyl (C=O) groups is 16. The van der Waals surface area contributed by atoms with E-state index in [4.69, 9.17) is 5.73 Å². The number of para-hydroxylation sites is 1. The van der Waals surface area contributed by atoms with E-state index in [0.29, 0.717) is 57.1 Å². The number of thioether (sulfide) groups is 1. The Morgan fingerprint density at radius 1 is 0.465 bits per heavy atom. The van der Waals surface area contributed by atoms with Gasteiger partial charge in [0.1, 0.15) is 47.8 Å². The standard InChI is InChI=1S/C96H121N13O19S/c1-11-12-32-78-95(127)106(7)55-86(117)100-73(52-88(119)120)83(114)51-70(59(4)5)92(124)108(9)79(47-61-26-18-14-19-27-61)91(123)103-75(46-64-35-39-68(111)40-36-64)93(125)105(6)54-85(116)99-72(49-66-53-98-71-31-23-22-30-69(66)71)82(113)50-65(44-63-33-37-67(110)38-34-63)89(121)102-74(43-58(2)3)90(122)104-77(81(112)41-42-84(97)115)56-129-57-87(118)101-76(45-60-24-16-13-17-25-60)94(126)109(10)80(96(128)107(78)8)48-62-28-20-15-21-29-62/h13-31,33-40,53,58-59,65,70,72-80,98,110-111H,11-12,32,41-52,54-57H2,1-10H3,(H2,97,115)(H,99,116)(H,100,117)(H,101,118)(H,102,121)(H,103,123)(H,104,122)(H,119,120)/t65-,70+,72+,73+,74+,75+,76+,77+,78+,79+,80+/m1/s1. The van der Waals surface area contributed by atoms with Crippen molar-refractivity contribution in [3.05, 3.63) is 203 Å². The van der Waals surface area contributed by atoms with Gasteiger partial charge < -0.3 is 82.4 Å². The van der Waals surface area contributed by atoms with Crippen LogP contribution in [0.4, 0.5) is 0 Å². The van der Waals surface area contributed by atoms with Gasteiger partial charge in [-0.2, -0.15) is 0 Å². The van der Waals surface area contributed by atoms with Crippen molar-refractivity contribution in [1.29, 1.82) is 0 Å². The number of carbonyl (C=O) groups excluding carboxylic acids is 15. The lowest BCUT2D eigenvalue weighted by molar-refractivity contribution is -0.151. The quantitative estimate of drug-likeness (QED) is 0.0343. The molecule has 0 spiro atoms. The third-order valence-corrected chi connectivity index (χ3v) is 24.0. The first-order valence-corrected chi connectivity index (χ1v) is 44.5. The average Bonchev–Trinajstić information content (AvgIpc) is 1.50. The lowest BCUT2D eigenvalue weighted by Crippen LogP contribution is -2.59. The van der Waals surface area contributed by atoms with Gasteiger partial charge in [0.15, 0.2) is 17.3 Å². The zero-order chi connectivity index (χ0) is 94.3. The molecule has 690 valence electrons. The third-order valence-electron chi connectivity index (χ3n) is 23.0. The van der Waals surface area contributed by atoms with Crippen molar-refractivity contribution in [2.24, 2.45) is 29.4 Å². The van der Waals surface area contributed by atoms with Gasteiger partial charge >= 0.3 is 5.97 Å². The summed E-state index contributed by atoms with van der Waals surface area (Å²) >= 11 is 0.882. The largest absolute Gasteiger partial charge is 0.508 e. The number of hydrogen-bond acceptors (Lipinski definition) is 19. The number of nitrogens with zero attached hydrogens (tertiary/aromatic N) is 5. The number of carboxylic acid groups (broad SMARTS) is 1. The van der Waals surface area contributed by atoms with Crippen molar-refractivity contribution >= 4 is 117 Å². The number of phenolic OH excluding ortho intramolecular Hbond substituents is 2. The molecule has 7 aromatic rings. The molecule has 0 unspecified atom stereocenters. The number of nitrogens with one attached hydrogen (secondary N) is 7. The Kier molecular flexibility index (Phi) is 38.7. The number of aliphatic carboxylic acids is 1. The number of rotatable bonds is 24. The van der Waals surface area contributed by atoms with Crippen molar-refractivity contribution in [2.75, 3.05) is 59.8 Å². The van der Waals surface area contributed by atoms with Gasteiger partial charge in [0.2, 0.25) is 70.9 Å². The van der Waals surface area contributed by atoms with E-state index in [-0.39, 0.29) is 74.5 Å². The number of hydrogen-bond donors (Lipinski definition) is 11. The van der Waals surface area contributed by atoms with E-state index in [1.54, 1.807) is 149 Å². The van der Waals surface area contributed by atoms with Gasteiger partial charge in [-0.1, -0.05) is 181 Å². The topological polar surface area (TPSA) is 464 Å². The summed E-state index contributed by atoms with van der Waals surface area (Å²) in [6.07, 6.45) is -1.59. The molecule has 8 rings (SSSR count). The monoisotopic (exact) mass is 1790 g/mol. The summed E-state index contributed by atoms with van der Waals surface area (Å²) in [6.45, 7) is 7.14. The first kappa shape index (κ1) is 101. The van der Waals surface area contributed by atoms with Crippen LogP contribution >= 0.6 is 11.8 Å². The second-order valence-corrected chi connectivity index (χ2v) is 34.9. The van der Waals surface area contributed by atoms with Crippen molar-refractivity contribution in [2.45, 2.75) is 185 Å². The van der Waals surface area contributed by atoms with Crippen molar-refractivity contribution in [3.63, 3.8) is 0 Å². The molecule has 12 N–H and O–H groups in total. The molecule has 32 nitrogen and oxygen atoms in total. The molecule has 0 radical (unpaired) electrons. The Labute approximate surface area is 755 Å². The number of fused-ring (bicyclic) bond motifs is 1. The Morgan fingerprint density at radius 2 is 0.946 bits per heavy atom. The number of phenols is 2. The number of carboxylic acids is 1. The van der Waals surface area contributed by atoms with Gasteiger partial charge in [-0.25, -0.2) is 0 Å². The number of likely N-dealkylation sites (N-methyl/N-ethyl adjacent to an activating group) is 5. The number of aromatic amines is 1. The van der Waals surface area contributed by atoms with Crippen LogP contribution in [0.2, 0.25) is 0 Å². The molecule has 0 aliphatic carbocycles. The highest BCUT2D eigenvalue weighted by Gasteiger charge is 2.42. The predicted molar refractivity (Wildman–Crippen MR) is 486 cm³/mol. The summed E-state index contributed by atoms with van der Waals surface area (Å²) in [6, 6.07) is 31.5. The SMILES string of the molecule is CCCC[C@H]1C(=O)N(C)CC(=O)N[C@@H](CC(=O)O)C(=O)C[C@@H](C(C)C)C(=O)N(C)[C@@H](Cc2ccccc2)C(=O)N[C@@H](Cc2ccc(O)cc2)C(=O)N(C)CC(=O)N[C@@H](Cc2c[nH]c3ccccc23)C(=O)C[C@@H](Cc2ccc(O)cc2)C(=O)N[C@@H](CC(C)C)C(=O)N[C@H](C(=O)CCC(N)=O)CSCC(=O)N[C@@H](Cc2ccccc2)C(=O)N(C)[C@@H](Cc2ccccc2)C(=O)N1C. The van der Waals surface area contributed by atoms with Crippen LogP contribution in [0.5, 0.6) is 11.5 Å². The zero-order valence-electron chi connectivity index (χ0n) is 74.7. The molecule has 1 saturated heterocycles. The molecule has 1 aliphatic rings. The first-order chi connectivity index (χ1) is 61.4. The molecule has 11 atom stereocenters. The highest BCUT2D eigenvalue weighted by Crippen LogP contribution is 2.28. The Balaban J connectivity index is 1.21. The van der Waals surface area contributed by atoms with Gasteiger partial charge in [-0.3, -0.25) is 76.7 Å². The van der Waals surface area contributed by atoms with Crippen LogP contribution in [0.25, 0.3) is 10.9 Å². The first-order valence-electron chi connectivity index (χ1n) is 43.4. The molecule has 0 bridgehead atoms. The molecule has 1 fully saturated rings. The van der Waals surface area contributed by atoms with Crippen LogP contribution in [0.3, 0.4) is 0 Å². The summed E-state index contributed by atoms with van der Waals surface area (Å²) in [5.74, 6) is -18.2. The van der Waals surface area contributed by atoms with Crippen molar-refractivity contribution in [3.8, 4) is 11.5 Å². The van der Waals surface area contributed by atoms with E-state index >= 15 is 43.2 Å². The molecule has 129 heavy (non-hydrogen) atoms. The summed E-state index contributed by atoms with van der Waals surface area (Å²) < 4.78 is 0. The van der Waals surface area contributed by atoms with Gasteiger partial charge in [0.05, 0.1) is 43.4 Å². The van der Waals surface area contributed by atoms with Gasteiger partial charge in [0, 0.05) is 128 Å². The minimum Gasteiger partial charge on any atom is -0.508 e. The third kappa shape index (κ3) is 30.9. The number of aromatic hydroxyl groups is 2. The van der Waals surface area contributed by atoms with E-state index in [1.165, 1.54) is 93.6 Å². The van der Waals surface area contributed by atoms with Crippen LogP contribution in [-0.4, -0.2) is 253 Å². The maximum absolute atomic E-state index is 15.5. The smallest absolute Gasteiger partial charge is 0.305 e. The lowest BCUT2D eigenvalue weighted by Gasteiger charge is -2.37. The molecule has 1 aromatic heterocycles. The van der Waals surface area contributed by atoms with Gasteiger partial charge in [0.25, 0.3) is 0 Å². The average molecular weight is 1790 g/mol. The number of unbranched alkanes of at least 4 members (excludes halogenated alkanes) is 1. The van der Waals surface area contributed by atoms with Crippen LogP contribution < -0.4 is 37.6 Å². The molecule has 6 aromatic carbocycles. The summed E-state index contributed by atoms with van der Waals surface area (Å²) in [7, 11) is 6.66. The van der Waals surface area contributed by atoms with Crippen LogP contribution in [-0.2, 0) is 115 Å². The number of Topliss-reactive ketones (excluding diaryl/α,β-unsaturated/α-hetero) is 3. The maximum Gasteiger partial charge on any atom is 0.305 e. The maximum atomic E-state index is 15.5. The van der Waals surface area contributed by atoms with E-state index < -0.39 is 217 Å². The lowest BCUT2D eigenvalue weighted by atomic mass is 9.86. The number of nitrogens with two attached hydrogens (primary N) is 1. The number of aromatic nitrogens is 1. The predicted octanol–water partition coefficient (Wildman–Crippen LogP) is 5.74. The van der Waals surface area contributed by atoms with Crippen molar-refractivity contribution < 1.29 is 92.0 Å². The molecule has 0 saturated carbocycles. The molecule has 2 heterocycles. The molecular weight excluding hydrogens is 1670 g/mol. The van der Waals surface area contributed by atoms with E-state index in [0.717, 1.165) is 26.5 Å². The fourth-order valence-corrected chi connectivity index (χ4v) is 16.5. The highest BCUT2D eigenvalue weighted by molar-refractivity contribution is 8.00. The summed E-state index contributed by atoms with van der Waals surface area (Å²) in [5, 5.41) is 48.3. The Morgan fingerprint density at radius 3 is 1.50 bits per heavy atom. The Hall–Kier alpha value is -13.1. The normalized spacial score (nSPS) is 22.1. The molecule has 1 aliphatic heterocycles. The molecule has 33 heteroatoms. The summed E-state index contributed by atoms with van der Waals surface area (Å²) in [5.41, 5.74) is 9.41. The fraction of sp³-hybridized carbons (Fsp3) is 0.438. The van der Waals surface area contributed by atoms with Crippen LogP contribution in [0.1, 0.15) is 126 Å². The molecular formula is C96H121N13O19S. The van der Waals surface area contributed by atoms with E-state index in [2.05, 4.69) is 36.9 Å². The number of H-pyrrole nitrogens is 1. The van der Waals surface area contributed by atoms with Crippen LogP contribution in [0, 0.1) is 23.7 Å². The number of amides is 12. The van der Waals surface area contributed by atoms with E-state index in [9.17, 15) is 48.9 Å². The number of benzene rings is 6. The van der Waals surface area contributed by atoms with E-state index in [1.807, 2.05) is 6.92 Å². The van der Waals surface area contributed by atoms with Crippen molar-refractivity contribution in [1.82, 2.24) is 61.4 Å². The zero-order valence-corrected chi connectivity index (χ0v) is 75.5. The number of primary amides is 1. The summed E-state index contributed by atoms with van der Waals surface area (Å²) in [4.78, 5) is 244. The van der Waals surface area contributed by atoms with Gasteiger partial charge in [-0.05, 0) is 94.8 Å². The second-order valence-electron chi connectivity index (χ2n) is 33.9. The molecule has 12 amide bonds.